The van der Waals surface area contributed by atoms with Gasteiger partial charge in [-0.05, 0) is 31.2 Å². The van der Waals surface area contributed by atoms with Gasteiger partial charge >= 0.3 is 0 Å². The van der Waals surface area contributed by atoms with Gasteiger partial charge in [0.05, 0.1) is 6.04 Å². The van der Waals surface area contributed by atoms with Crippen LogP contribution in [0, 0.1) is 0 Å². The molecule has 3 heteroatoms. The van der Waals surface area contributed by atoms with Crippen molar-refractivity contribution in [2.75, 3.05) is 13.1 Å². The van der Waals surface area contributed by atoms with E-state index >= 15 is 0 Å². The molecule has 92 valence electrons. The summed E-state index contributed by atoms with van der Waals surface area (Å²) in [5.74, 6) is 0.105. The molecule has 1 fully saturated rings. The second-order valence-electron chi connectivity index (χ2n) is 4.68. The van der Waals surface area contributed by atoms with Crippen molar-refractivity contribution in [3.8, 4) is 0 Å². The Kier molecular flexibility index (Phi) is 4.15. The number of hydrogen-bond acceptors (Lipinski definition) is 2. The van der Waals surface area contributed by atoms with E-state index < -0.39 is 6.04 Å². The van der Waals surface area contributed by atoms with Crippen LogP contribution in [-0.4, -0.2) is 29.9 Å². The smallest absolute Gasteiger partial charge is 0.239 e. The molecule has 1 aliphatic heterocycles. The molecular weight excluding hydrogens is 212 g/mol. The lowest BCUT2D eigenvalue weighted by Gasteiger charge is -2.29. The Bertz CT molecular complexity index is 358. The van der Waals surface area contributed by atoms with Gasteiger partial charge in [-0.1, -0.05) is 30.3 Å². The average Bonchev–Trinajstić information content (AvgIpc) is 2.40. The van der Waals surface area contributed by atoms with Crippen molar-refractivity contribution in [1.82, 2.24) is 4.90 Å². The van der Waals surface area contributed by atoms with Gasteiger partial charge in [-0.2, -0.15) is 0 Å². The number of carbonyl (C=O) groups is 1. The maximum absolute atomic E-state index is 12.1. The molecule has 2 rings (SSSR count). The Hall–Kier alpha value is -1.35. The van der Waals surface area contributed by atoms with E-state index in [0.29, 0.717) is 6.42 Å². The van der Waals surface area contributed by atoms with Crippen molar-refractivity contribution in [2.45, 2.75) is 31.7 Å². The maximum Gasteiger partial charge on any atom is 0.239 e. The molecular formula is C14H20N2O. The molecule has 0 saturated carbocycles. The van der Waals surface area contributed by atoms with E-state index in [1.807, 2.05) is 35.2 Å². The SMILES string of the molecule is NC(Cc1ccccc1)C(=O)N1CCCCC1. The second-order valence-corrected chi connectivity index (χ2v) is 4.68. The van der Waals surface area contributed by atoms with Crippen LogP contribution in [0.25, 0.3) is 0 Å². The van der Waals surface area contributed by atoms with Crippen LogP contribution in [0.15, 0.2) is 30.3 Å². The zero-order valence-corrected chi connectivity index (χ0v) is 10.1. The number of piperidine rings is 1. The highest BCUT2D eigenvalue weighted by molar-refractivity contribution is 5.82. The zero-order valence-electron chi connectivity index (χ0n) is 10.1. The molecule has 1 atom stereocenters. The van der Waals surface area contributed by atoms with Crippen LogP contribution in [-0.2, 0) is 11.2 Å². The van der Waals surface area contributed by atoms with E-state index in [9.17, 15) is 4.79 Å². The third-order valence-corrected chi connectivity index (χ3v) is 3.28. The van der Waals surface area contributed by atoms with Crippen LogP contribution in [0.3, 0.4) is 0 Å². The predicted molar refractivity (Wildman–Crippen MR) is 68.6 cm³/mol. The highest BCUT2D eigenvalue weighted by Crippen LogP contribution is 2.11. The largest absolute Gasteiger partial charge is 0.341 e. The summed E-state index contributed by atoms with van der Waals surface area (Å²) in [5, 5.41) is 0. The Balaban J connectivity index is 1.90. The summed E-state index contributed by atoms with van der Waals surface area (Å²) in [6.07, 6.45) is 4.10. The monoisotopic (exact) mass is 232 g/mol. The number of rotatable bonds is 3. The van der Waals surface area contributed by atoms with Gasteiger partial charge in [0.25, 0.3) is 0 Å². The number of nitrogens with two attached hydrogens (primary N) is 1. The summed E-state index contributed by atoms with van der Waals surface area (Å²) in [5.41, 5.74) is 7.12. The maximum atomic E-state index is 12.1. The van der Waals surface area contributed by atoms with E-state index in [2.05, 4.69) is 0 Å². The number of likely N-dealkylation sites (tertiary alicyclic amines) is 1. The molecule has 0 spiro atoms. The second kappa shape index (κ2) is 5.82. The van der Waals surface area contributed by atoms with Gasteiger partial charge < -0.3 is 10.6 Å². The number of nitrogens with zero attached hydrogens (tertiary/aromatic N) is 1. The molecule has 0 bridgehead atoms. The summed E-state index contributed by atoms with van der Waals surface area (Å²) >= 11 is 0. The van der Waals surface area contributed by atoms with Crippen molar-refractivity contribution >= 4 is 5.91 Å². The minimum Gasteiger partial charge on any atom is -0.341 e. The Morgan fingerprint density at radius 1 is 1.18 bits per heavy atom. The van der Waals surface area contributed by atoms with Crippen LogP contribution in [0.1, 0.15) is 24.8 Å². The molecule has 0 aliphatic carbocycles. The average molecular weight is 232 g/mol. The van der Waals surface area contributed by atoms with Crippen LogP contribution in [0.4, 0.5) is 0 Å². The van der Waals surface area contributed by atoms with Crippen LogP contribution >= 0.6 is 0 Å². The topological polar surface area (TPSA) is 46.3 Å². The molecule has 2 N–H and O–H groups in total. The van der Waals surface area contributed by atoms with Gasteiger partial charge in [-0.15, -0.1) is 0 Å². The molecule has 0 radical (unpaired) electrons. The van der Waals surface area contributed by atoms with Gasteiger partial charge in [0.15, 0.2) is 0 Å². The number of carbonyl (C=O) groups excluding carboxylic acids is 1. The molecule has 1 aromatic carbocycles. The first kappa shape index (κ1) is 12.1. The van der Waals surface area contributed by atoms with E-state index in [-0.39, 0.29) is 5.91 Å². The third kappa shape index (κ3) is 3.30. The molecule has 1 heterocycles. The fraction of sp³-hybridized carbons (Fsp3) is 0.500. The molecule has 1 aliphatic rings. The number of hydrogen-bond donors (Lipinski definition) is 1. The number of amides is 1. The first-order chi connectivity index (χ1) is 8.27. The molecule has 17 heavy (non-hydrogen) atoms. The van der Waals surface area contributed by atoms with Crippen molar-refractivity contribution in [2.24, 2.45) is 5.73 Å². The minimum atomic E-state index is -0.393. The quantitative estimate of drug-likeness (QED) is 0.860. The van der Waals surface area contributed by atoms with Gasteiger partial charge in [0, 0.05) is 13.1 Å². The minimum absolute atomic E-state index is 0.105. The van der Waals surface area contributed by atoms with Crippen LogP contribution in [0.5, 0.6) is 0 Å². The van der Waals surface area contributed by atoms with Gasteiger partial charge in [-0.3, -0.25) is 4.79 Å². The molecule has 1 aromatic rings. The standard InChI is InChI=1S/C14H20N2O/c15-13(11-12-7-3-1-4-8-12)14(17)16-9-5-2-6-10-16/h1,3-4,7-8,13H,2,5-6,9-11,15H2. The van der Waals surface area contributed by atoms with Gasteiger partial charge in [0.1, 0.15) is 0 Å². The highest BCUT2D eigenvalue weighted by atomic mass is 16.2. The molecule has 1 saturated heterocycles. The van der Waals surface area contributed by atoms with Crippen LogP contribution < -0.4 is 5.73 Å². The van der Waals surface area contributed by atoms with E-state index in [1.54, 1.807) is 0 Å². The Morgan fingerprint density at radius 3 is 2.47 bits per heavy atom. The lowest BCUT2D eigenvalue weighted by atomic mass is 10.0. The normalized spacial score (nSPS) is 17.8. The van der Waals surface area contributed by atoms with E-state index in [4.69, 9.17) is 5.73 Å². The van der Waals surface area contributed by atoms with Crippen molar-refractivity contribution < 1.29 is 4.79 Å². The first-order valence-electron chi connectivity index (χ1n) is 6.35. The van der Waals surface area contributed by atoms with Crippen molar-refractivity contribution in [1.29, 1.82) is 0 Å². The van der Waals surface area contributed by atoms with Crippen molar-refractivity contribution in [3.63, 3.8) is 0 Å². The molecule has 0 aromatic heterocycles. The Morgan fingerprint density at radius 2 is 1.82 bits per heavy atom. The Labute approximate surface area is 103 Å². The van der Waals surface area contributed by atoms with Crippen LogP contribution in [0.2, 0.25) is 0 Å². The van der Waals surface area contributed by atoms with Gasteiger partial charge in [-0.25, -0.2) is 0 Å². The predicted octanol–water partition coefficient (Wildman–Crippen LogP) is 1.57. The van der Waals surface area contributed by atoms with E-state index in [0.717, 1.165) is 31.5 Å². The summed E-state index contributed by atoms with van der Waals surface area (Å²) in [7, 11) is 0. The summed E-state index contributed by atoms with van der Waals surface area (Å²) in [6, 6.07) is 9.57. The highest BCUT2D eigenvalue weighted by Gasteiger charge is 2.22. The lowest BCUT2D eigenvalue weighted by Crippen LogP contribution is -2.46. The lowest BCUT2D eigenvalue weighted by molar-refractivity contribution is -0.133. The van der Waals surface area contributed by atoms with Crippen molar-refractivity contribution in [3.05, 3.63) is 35.9 Å². The fourth-order valence-electron chi connectivity index (χ4n) is 2.30. The zero-order chi connectivity index (χ0) is 12.1. The van der Waals surface area contributed by atoms with Gasteiger partial charge in [0.2, 0.25) is 5.91 Å². The molecule has 1 amide bonds. The summed E-state index contributed by atoms with van der Waals surface area (Å²) in [4.78, 5) is 14.0. The molecule has 3 nitrogen and oxygen atoms in total. The third-order valence-electron chi connectivity index (χ3n) is 3.28. The summed E-state index contributed by atoms with van der Waals surface area (Å²) in [6.45, 7) is 1.75. The van der Waals surface area contributed by atoms with E-state index in [1.165, 1.54) is 6.42 Å². The fourth-order valence-corrected chi connectivity index (χ4v) is 2.30. The summed E-state index contributed by atoms with van der Waals surface area (Å²) < 4.78 is 0. The molecule has 1 unspecified atom stereocenters. The first-order valence-corrected chi connectivity index (χ1v) is 6.35. The number of benzene rings is 1.